The lowest BCUT2D eigenvalue weighted by Crippen LogP contribution is -2.23. The average Bonchev–Trinajstić information content (AvgIpc) is 2.97. The van der Waals surface area contributed by atoms with Crippen molar-refractivity contribution in [3.63, 3.8) is 0 Å². The molecule has 2 aromatic heterocycles. The van der Waals surface area contributed by atoms with Crippen LogP contribution in [-0.4, -0.2) is 14.9 Å². The summed E-state index contributed by atoms with van der Waals surface area (Å²) in [6.07, 6.45) is 1.32. The van der Waals surface area contributed by atoms with Gasteiger partial charge in [-0.25, -0.2) is 4.68 Å². The molecule has 0 aliphatic rings. The first-order chi connectivity index (χ1) is 10.1. The second kappa shape index (κ2) is 5.71. The minimum Gasteiger partial charge on any atom is -0.356 e. The molecular weight excluding hydrogens is 313 g/mol. The lowest BCUT2D eigenvalue weighted by molar-refractivity contribution is 0.418. The second-order valence-corrected chi connectivity index (χ2v) is 5.10. The van der Waals surface area contributed by atoms with Crippen LogP contribution < -0.4 is 5.56 Å². The van der Waals surface area contributed by atoms with Gasteiger partial charge in [0, 0.05) is 11.6 Å². The lowest BCUT2D eigenvalue weighted by atomic mass is 10.2. The summed E-state index contributed by atoms with van der Waals surface area (Å²) in [5.41, 5.74) is 1.01. The van der Waals surface area contributed by atoms with Crippen LogP contribution in [0.4, 0.5) is 0 Å². The van der Waals surface area contributed by atoms with Gasteiger partial charge in [-0.05, 0) is 0 Å². The minimum absolute atomic E-state index is 0.0570. The van der Waals surface area contributed by atoms with E-state index in [-0.39, 0.29) is 16.6 Å². The van der Waals surface area contributed by atoms with Crippen LogP contribution >= 0.6 is 23.2 Å². The summed E-state index contributed by atoms with van der Waals surface area (Å²) in [7, 11) is 0. The van der Waals surface area contributed by atoms with Crippen molar-refractivity contribution in [2.75, 3.05) is 0 Å². The van der Waals surface area contributed by atoms with Crippen LogP contribution in [0.3, 0.4) is 0 Å². The Morgan fingerprint density at radius 1 is 1.19 bits per heavy atom. The lowest BCUT2D eigenvalue weighted by Gasteiger charge is -2.02. The predicted octanol–water partition coefficient (Wildman–Crippen LogP) is 3.25. The van der Waals surface area contributed by atoms with Crippen molar-refractivity contribution in [3.05, 3.63) is 68.7 Å². The van der Waals surface area contributed by atoms with Gasteiger partial charge in [0.1, 0.15) is 10.7 Å². The van der Waals surface area contributed by atoms with Crippen molar-refractivity contribution in [2.24, 2.45) is 0 Å². The molecule has 0 bridgehead atoms. The Balaban J connectivity index is 1.89. The summed E-state index contributed by atoms with van der Waals surface area (Å²) < 4.78 is 6.45. The van der Waals surface area contributed by atoms with E-state index < -0.39 is 5.56 Å². The highest BCUT2D eigenvalue weighted by Gasteiger charge is 2.11. The van der Waals surface area contributed by atoms with Crippen molar-refractivity contribution in [1.29, 1.82) is 0 Å². The van der Waals surface area contributed by atoms with Crippen LogP contribution in [0.25, 0.3) is 11.3 Å². The van der Waals surface area contributed by atoms with Crippen LogP contribution in [0, 0.1) is 0 Å². The van der Waals surface area contributed by atoms with E-state index in [0.717, 1.165) is 5.56 Å². The van der Waals surface area contributed by atoms with Gasteiger partial charge in [0.15, 0.2) is 5.76 Å². The molecule has 3 aromatic rings. The molecule has 7 heteroatoms. The summed E-state index contributed by atoms with van der Waals surface area (Å²) in [5, 5.41) is 7.92. The first-order valence-electron chi connectivity index (χ1n) is 6.07. The Morgan fingerprint density at radius 3 is 2.71 bits per heavy atom. The first kappa shape index (κ1) is 13.9. The van der Waals surface area contributed by atoms with Crippen molar-refractivity contribution in [1.82, 2.24) is 14.9 Å². The van der Waals surface area contributed by atoms with E-state index in [9.17, 15) is 4.79 Å². The maximum absolute atomic E-state index is 11.9. The molecule has 21 heavy (non-hydrogen) atoms. The molecule has 0 saturated heterocycles. The summed E-state index contributed by atoms with van der Waals surface area (Å²) in [6, 6.07) is 11.3. The maximum atomic E-state index is 11.9. The zero-order chi connectivity index (χ0) is 14.8. The zero-order valence-electron chi connectivity index (χ0n) is 10.7. The third-order valence-electron chi connectivity index (χ3n) is 2.87. The van der Waals surface area contributed by atoms with E-state index in [1.54, 1.807) is 6.07 Å². The Morgan fingerprint density at radius 2 is 1.95 bits per heavy atom. The number of halogens is 2. The minimum atomic E-state index is -0.464. The molecule has 0 amide bonds. The molecule has 0 N–H and O–H groups in total. The topological polar surface area (TPSA) is 60.9 Å². The maximum Gasteiger partial charge on any atom is 0.287 e. The number of hydrogen-bond acceptors (Lipinski definition) is 4. The molecule has 0 atom stereocenters. The molecule has 0 radical (unpaired) electrons. The van der Waals surface area contributed by atoms with Crippen LogP contribution in [0.15, 0.2) is 51.9 Å². The summed E-state index contributed by atoms with van der Waals surface area (Å²) in [5.74, 6) is 0.624. The molecule has 0 aliphatic carbocycles. The highest BCUT2D eigenvalue weighted by Crippen LogP contribution is 2.20. The van der Waals surface area contributed by atoms with Crippen LogP contribution in [0.5, 0.6) is 0 Å². The summed E-state index contributed by atoms with van der Waals surface area (Å²) >= 11 is 11.5. The van der Waals surface area contributed by atoms with Gasteiger partial charge < -0.3 is 4.52 Å². The van der Waals surface area contributed by atoms with Crippen LogP contribution in [0.1, 0.15) is 5.69 Å². The Hall–Kier alpha value is -2.11. The quantitative estimate of drug-likeness (QED) is 0.742. The molecule has 0 aliphatic heterocycles. The third kappa shape index (κ3) is 2.84. The number of nitrogens with zero attached hydrogens (tertiary/aromatic N) is 3. The van der Waals surface area contributed by atoms with Crippen molar-refractivity contribution in [2.45, 2.75) is 6.54 Å². The van der Waals surface area contributed by atoms with Crippen LogP contribution in [-0.2, 0) is 6.54 Å². The molecule has 2 heterocycles. The molecule has 0 fully saturated rings. The summed E-state index contributed by atoms with van der Waals surface area (Å²) in [4.78, 5) is 11.9. The highest BCUT2D eigenvalue weighted by molar-refractivity contribution is 6.41. The second-order valence-electron chi connectivity index (χ2n) is 4.32. The predicted molar refractivity (Wildman–Crippen MR) is 79.6 cm³/mol. The van der Waals surface area contributed by atoms with Gasteiger partial charge >= 0.3 is 0 Å². The molecule has 5 nitrogen and oxygen atoms in total. The fraction of sp³-hybridized carbons (Fsp3) is 0.0714. The largest absolute Gasteiger partial charge is 0.356 e. The Bertz CT molecular complexity index is 828. The smallest absolute Gasteiger partial charge is 0.287 e. The standard InChI is InChI=1S/C14H9Cl2N3O2/c15-11-7-17-19(14(20)13(11)16)8-10-6-12(21-18-10)9-4-2-1-3-5-9/h1-7H,8H2. The fourth-order valence-corrected chi connectivity index (χ4v) is 2.11. The molecule has 0 unspecified atom stereocenters. The van der Waals surface area contributed by atoms with Gasteiger partial charge in [0.2, 0.25) is 0 Å². The molecule has 1 aromatic carbocycles. The Labute approximate surface area is 129 Å². The van der Waals surface area contributed by atoms with Gasteiger partial charge in [-0.3, -0.25) is 4.79 Å². The normalized spacial score (nSPS) is 10.8. The van der Waals surface area contributed by atoms with E-state index in [1.165, 1.54) is 10.9 Å². The van der Waals surface area contributed by atoms with Crippen LogP contribution in [0.2, 0.25) is 10.0 Å². The van der Waals surface area contributed by atoms with E-state index in [1.807, 2.05) is 30.3 Å². The molecule has 3 rings (SSSR count). The molecule has 106 valence electrons. The van der Waals surface area contributed by atoms with Crippen molar-refractivity contribution >= 4 is 23.2 Å². The molecule has 0 saturated carbocycles. The number of benzene rings is 1. The van der Waals surface area contributed by atoms with Crippen molar-refractivity contribution in [3.8, 4) is 11.3 Å². The van der Waals surface area contributed by atoms with Gasteiger partial charge in [0.25, 0.3) is 5.56 Å². The van der Waals surface area contributed by atoms with Gasteiger partial charge in [-0.2, -0.15) is 5.10 Å². The third-order valence-corrected chi connectivity index (χ3v) is 3.62. The van der Waals surface area contributed by atoms with E-state index in [4.69, 9.17) is 27.7 Å². The van der Waals surface area contributed by atoms with Gasteiger partial charge in [-0.1, -0.05) is 58.7 Å². The average molecular weight is 322 g/mol. The van der Waals surface area contributed by atoms with E-state index in [0.29, 0.717) is 11.5 Å². The zero-order valence-corrected chi connectivity index (χ0v) is 12.2. The van der Waals surface area contributed by atoms with Gasteiger partial charge in [-0.15, -0.1) is 0 Å². The Kier molecular flexibility index (Phi) is 3.77. The molecule has 0 spiro atoms. The SMILES string of the molecule is O=c1c(Cl)c(Cl)cnn1Cc1cc(-c2ccccc2)on1. The van der Waals surface area contributed by atoms with Crippen molar-refractivity contribution < 1.29 is 4.52 Å². The highest BCUT2D eigenvalue weighted by atomic mass is 35.5. The van der Waals surface area contributed by atoms with E-state index in [2.05, 4.69) is 10.3 Å². The number of hydrogen-bond donors (Lipinski definition) is 0. The number of aromatic nitrogens is 3. The van der Waals surface area contributed by atoms with E-state index >= 15 is 0 Å². The summed E-state index contributed by atoms with van der Waals surface area (Å²) in [6.45, 7) is 0.159. The van der Waals surface area contributed by atoms with Gasteiger partial charge in [0.05, 0.1) is 17.8 Å². The molecular formula is C14H9Cl2N3O2. The first-order valence-corrected chi connectivity index (χ1v) is 6.83. The monoisotopic (exact) mass is 321 g/mol. The number of rotatable bonds is 3. The fourth-order valence-electron chi connectivity index (χ4n) is 1.84.